The average Bonchev–Trinajstić information content (AvgIpc) is 3.47. The van der Waals surface area contributed by atoms with Crippen LogP contribution >= 0.6 is 0 Å². The van der Waals surface area contributed by atoms with Gasteiger partial charge < -0.3 is 28.8 Å². The second-order valence-corrected chi connectivity index (χ2v) is 8.62. The van der Waals surface area contributed by atoms with Crippen molar-refractivity contribution in [1.29, 1.82) is 0 Å². The third kappa shape index (κ3) is 3.22. The molecular formula is C23H27NO8. The van der Waals surface area contributed by atoms with E-state index in [1.165, 1.54) is 7.11 Å². The molecular weight excluding hydrogens is 418 g/mol. The van der Waals surface area contributed by atoms with Crippen LogP contribution in [0.5, 0.6) is 11.5 Å². The Morgan fingerprint density at radius 1 is 1.25 bits per heavy atom. The Kier molecular flexibility index (Phi) is 5.25. The van der Waals surface area contributed by atoms with Crippen molar-refractivity contribution in [2.75, 3.05) is 34.1 Å². The molecule has 0 aromatic heterocycles. The van der Waals surface area contributed by atoms with Gasteiger partial charge in [0.25, 0.3) is 0 Å². The Bertz CT molecular complexity index is 975. The van der Waals surface area contributed by atoms with Gasteiger partial charge in [-0.15, -0.1) is 0 Å². The Labute approximate surface area is 185 Å². The zero-order chi connectivity index (χ0) is 22.5. The Morgan fingerprint density at radius 3 is 2.78 bits per heavy atom. The molecule has 9 heteroatoms. The van der Waals surface area contributed by atoms with Crippen molar-refractivity contribution in [2.24, 2.45) is 0 Å². The number of carbonyl (C=O) groups excluding carboxylic acids is 2. The first-order valence-electron chi connectivity index (χ1n) is 10.9. The summed E-state index contributed by atoms with van der Waals surface area (Å²) >= 11 is 0. The molecule has 0 bridgehead atoms. The van der Waals surface area contributed by atoms with Crippen LogP contribution in [0.25, 0.3) is 0 Å². The molecule has 1 saturated heterocycles. The summed E-state index contributed by atoms with van der Waals surface area (Å²) in [5.74, 6) is 0.143. The van der Waals surface area contributed by atoms with E-state index in [-0.39, 0.29) is 18.2 Å². The van der Waals surface area contributed by atoms with Crippen LogP contribution in [0.15, 0.2) is 24.0 Å². The van der Waals surface area contributed by atoms with Crippen LogP contribution in [-0.2, 0) is 30.2 Å². The topological polar surface area (TPSA) is 104 Å². The number of rotatable bonds is 5. The van der Waals surface area contributed by atoms with E-state index in [2.05, 4.69) is 15.7 Å². The number of esters is 2. The van der Waals surface area contributed by atoms with Crippen LogP contribution in [0, 0.1) is 0 Å². The first kappa shape index (κ1) is 21.1. The van der Waals surface area contributed by atoms with Crippen LogP contribution in [0.1, 0.15) is 36.3 Å². The molecule has 2 unspecified atom stereocenters. The minimum Gasteiger partial charge on any atom is -0.497 e. The molecule has 1 spiro atoms. The van der Waals surface area contributed by atoms with Gasteiger partial charge in [-0.05, 0) is 55.1 Å². The monoisotopic (exact) mass is 445 g/mol. The lowest BCUT2D eigenvalue weighted by Gasteiger charge is -2.39. The van der Waals surface area contributed by atoms with E-state index in [1.54, 1.807) is 7.11 Å². The molecule has 32 heavy (non-hydrogen) atoms. The van der Waals surface area contributed by atoms with E-state index in [1.807, 2.05) is 12.1 Å². The highest BCUT2D eigenvalue weighted by atomic mass is 16.7. The smallest absolute Gasteiger partial charge is 0.336 e. The number of ether oxygens (including phenoxy) is 5. The van der Waals surface area contributed by atoms with Gasteiger partial charge >= 0.3 is 11.9 Å². The number of nitrogens with zero attached hydrogens (tertiary/aromatic N) is 1. The molecule has 0 saturated carbocycles. The number of fused-ring (bicyclic) bond motifs is 3. The molecule has 4 atom stereocenters. The van der Waals surface area contributed by atoms with Crippen molar-refractivity contribution in [3.63, 3.8) is 0 Å². The third-order valence-corrected chi connectivity index (χ3v) is 7.07. The highest BCUT2D eigenvalue weighted by molar-refractivity contribution is 5.82. The standard InChI is InChI=1S/C23H27NO8/c1-28-18-11-23-5-3-6-24(23)7-4-13-8-16-17(31-12-30-16)9-14(13)20(23)21(18)32-22(27)15(25)10-19(26)29-2/h8-9,11,15,20-21,25H,3-7,10,12H2,1-2H3/t15-,20-,21?,23?/m1/s1. The number of carbonyl (C=O) groups is 2. The molecule has 1 aromatic rings. The second kappa shape index (κ2) is 7.97. The molecule has 4 aliphatic rings. The minimum atomic E-state index is -1.61. The van der Waals surface area contributed by atoms with Crippen molar-refractivity contribution in [1.82, 2.24) is 4.90 Å². The molecule has 9 nitrogen and oxygen atoms in total. The summed E-state index contributed by atoms with van der Waals surface area (Å²) in [6, 6.07) is 4.01. The van der Waals surface area contributed by atoms with Gasteiger partial charge in [0.1, 0.15) is 5.76 Å². The first-order valence-corrected chi connectivity index (χ1v) is 10.9. The predicted octanol–water partition coefficient (Wildman–Crippen LogP) is 1.27. The summed E-state index contributed by atoms with van der Waals surface area (Å²) in [4.78, 5) is 26.7. The van der Waals surface area contributed by atoms with E-state index < -0.39 is 30.6 Å². The van der Waals surface area contributed by atoms with Crippen LogP contribution < -0.4 is 9.47 Å². The summed E-state index contributed by atoms with van der Waals surface area (Å²) in [5, 5.41) is 10.2. The van der Waals surface area contributed by atoms with Gasteiger partial charge in [-0.1, -0.05) is 0 Å². The number of methoxy groups -OCH3 is 2. The summed E-state index contributed by atoms with van der Waals surface area (Å²) < 4.78 is 27.3. The van der Waals surface area contributed by atoms with Crippen molar-refractivity contribution < 1.29 is 38.4 Å². The molecule has 0 radical (unpaired) electrons. The summed E-state index contributed by atoms with van der Waals surface area (Å²) in [7, 11) is 2.76. The Morgan fingerprint density at radius 2 is 2.03 bits per heavy atom. The number of aliphatic hydroxyl groups is 1. The third-order valence-electron chi connectivity index (χ3n) is 7.07. The van der Waals surface area contributed by atoms with E-state index in [9.17, 15) is 14.7 Å². The normalized spacial score (nSPS) is 28.7. The van der Waals surface area contributed by atoms with Gasteiger partial charge in [0.15, 0.2) is 23.7 Å². The van der Waals surface area contributed by atoms with Gasteiger partial charge in [0.2, 0.25) is 6.79 Å². The van der Waals surface area contributed by atoms with E-state index in [0.717, 1.165) is 49.2 Å². The fourth-order valence-electron chi connectivity index (χ4n) is 5.62. The summed E-state index contributed by atoms with van der Waals surface area (Å²) in [6.45, 7) is 1.98. The van der Waals surface area contributed by atoms with E-state index >= 15 is 0 Å². The van der Waals surface area contributed by atoms with Gasteiger partial charge in [0, 0.05) is 6.54 Å². The number of hydrogen-bond acceptors (Lipinski definition) is 9. The minimum absolute atomic E-state index is 0.180. The van der Waals surface area contributed by atoms with Crippen molar-refractivity contribution >= 4 is 11.9 Å². The molecule has 3 aliphatic heterocycles. The maximum atomic E-state index is 12.7. The maximum Gasteiger partial charge on any atom is 0.336 e. The molecule has 3 heterocycles. The van der Waals surface area contributed by atoms with E-state index in [0.29, 0.717) is 11.5 Å². The lowest BCUT2D eigenvalue weighted by molar-refractivity contribution is -0.164. The molecule has 1 aliphatic carbocycles. The molecule has 1 fully saturated rings. The lowest BCUT2D eigenvalue weighted by atomic mass is 9.77. The van der Waals surface area contributed by atoms with E-state index in [4.69, 9.17) is 18.9 Å². The molecule has 172 valence electrons. The molecule has 5 rings (SSSR count). The summed E-state index contributed by atoms with van der Waals surface area (Å²) in [6.07, 6.45) is 2.02. The zero-order valence-electron chi connectivity index (χ0n) is 18.2. The quantitative estimate of drug-likeness (QED) is 0.671. The highest BCUT2D eigenvalue weighted by Crippen LogP contribution is 2.55. The van der Waals surface area contributed by atoms with Gasteiger partial charge in [0.05, 0.1) is 32.1 Å². The summed E-state index contributed by atoms with van der Waals surface area (Å²) in [5.41, 5.74) is 1.79. The van der Waals surface area contributed by atoms with Crippen LogP contribution in [0.4, 0.5) is 0 Å². The van der Waals surface area contributed by atoms with Gasteiger partial charge in [-0.3, -0.25) is 9.69 Å². The first-order chi connectivity index (χ1) is 15.5. The maximum absolute atomic E-state index is 12.7. The highest BCUT2D eigenvalue weighted by Gasteiger charge is 2.58. The van der Waals surface area contributed by atoms with Crippen molar-refractivity contribution in [2.45, 2.75) is 49.3 Å². The van der Waals surface area contributed by atoms with Crippen molar-refractivity contribution in [3.05, 3.63) is 35.1 Å². The molecule has 1 N–H and O–H groups in total. The fraction of sp³-hybridized carbons (Fsp3) is 0.565. The van der Waals surface area contributed by atoms with Crippen LogP contribution in [-0.4, -0.2) is 73.8 Å². The SMILES string of the molecule is COC(=O)C[C@@H](O)C(=O)OC1C(OC)=CC23CCCN2CCc2cc4c(cc2[C@H]13)OCO4. The second-order valence-electron chi connectivity index (χ2n) is 8.62. The number of hydrogen-bond donors (Lipinski definition) is 1. The molecule has 0 amide bonds. The molecule has 1 aromatic carbocycles. The zero-order valence-corrected chi connectivity index (χ0v) is 18.2. The van der Waals surface area contributed by atoms with Crippen molar-refractivity contribution in [3.8, 4) is 11.5 Å². The van der Waals surface area contributed by atoms with Gasteiger partial charge in [-0.2, -0.15) is 0 Å². The predicted molar refractivity (Wildman–Crippen MR) is 110 cm³/mol. The lowest BCUT2D eigenvalue weighted by Crippen LogP contribution is -2.47. The Balaban J connectivity index is 1.54. The fourth-order valence-corrected chi connectivity index (χ4v) is 5.62. The largest absolute Gasteiger partial charge is 0.497 e. The number of benzene rings is 1. The van der Waals surface area contributed by atoms with Crippen LogP contribution in [0.2, 0.25) is 0 Å². The average molecular weight is 445 g/mol. The number of aliphatic hydroxyl groups excluding tert-OH is 1. The van der Waals surface area contributed by atoms with Gasteiger partial charge in [-0.25, -0.2) is 4.79 Å². The van der Waals surface area contributed by atoms with Crippen LogP contribution in [0.3, 0.4) is 0 Å². The Hall–Kier alpha value is -2.78.